The van der Waals surface area contributed by atoms with Gasteiger partial charge in [-0.25, -0.2) is 0 Å². The van der Waals surface area contributed by atoms with Crippen LogP contribution in [0.25, 0.3) is 0 Å². The Kier molecular flexibility index (Phi) is 6.33. The predicted molar refractivity (Wildman–Crippen MR) is 90.3 cm³/mol. The molecule has 0 bridgehead atoms. The van der Waals surface area contributed by atoms with Crippen molar-refractivity contribution in [3.05, 3.63) is 24.3 Å². The van der Waals surface area contributed by atoms with Crippen molar-refractivity contribution in [2.24, 2.45) is 5.92 Å². The predicted octanol–water partition coefficient (Wildman–Crippen LogP) is 2.52. The molecule has 1 aromatic carbocycles. The summed E-state index contributed by atoms with van der Waals surface area (Å²) in [7, 11) is 1.73. The molecule has 1 N–H and O–H groups in total. The topological polar surface area (TPSA) is 27.7 Å². The van der Waals surface area contributed by atoms with Gasteiger partial charge in [-0.1, -0.05) is 13.8 Å². The average Bonchev–Trinajstić information content (AvgIpc) is 2.49. The summed E-state index contributed by atoms with van der Waals surface area (Å²) in [6.45, 7) is 12.0. The molecule has 0 radical (unpaired) electrons. The molecule has 0 atom stereocenters. The summed E-state index contributed by atoms with van der Waals surface area (Å²) in [5.74, 6) is 0.758. The maximum absolute atomic E-state index is 5.04. The number of hydrogen-bond acceptors (Lipinski definition) is 4. The molecule has 118 valence electrons. The number of ether oxygens (including phenoxy) is 1. The molecule has 2 rings (SSSR count). The minimum atomic E-state index is 0.736. The Morgan fingerprint density at radius 3 is 2.33 bits per heavy atom. The molecule has 0 amide bonds. The molecule has 1 aromatic rings. The lowest BCUT2D eigenvalue weighted by atomic mass is 10.2. The number of methoxy groups -OCH3 is 1. The highest BCUT2D eigenvalue weighted by atomic mass is 16.5. The van der Waals surface area contributed by atoms with E-state index >= 15 is 0 Å². The third-order valence-corrected chi connectivity index (χ3v) is 3.86. The molecule has 1 heterocycles. The zero-order valence-corrected chi connectivity index (χ0v) is 13.6. The lowest BCUT2D eigenvalue weighted by Gasteiger charge is -2.36. The monoisotopic (exact) mass is 291 g/mol. The third-order valence-electron chi connectivity index (χ3n) is 3.86. The Morgan fingerprint density at radius 1 is 1.10 bits per heavy atom. The molecule has 4 heteroatoms. The van der Waals surface area contributed by atoms with Crippen molar-refractivity contribution >= 4 is 11.4 Å². The smallest absolute Gasteiger partial charge is 0.0635 e. The van der Waals surface area contributed by atoms with Crippen LogP contribution in [-0.4, -0.2) is 57.9 Å². The Balaban J connectivity index is 1.80. The second-order valence-corrected chi connectivity index (χ2v) is 6.15. The minimum Gasteiger partial charge on any atom is -0.383 e. The molecular formula is C17H29N3O. The number of piperazine rings is 1. The van der Waals surface area contributed by atoms with E-state index in [0.29, 0.717) is 0 Å². The first-order chi connectivity index (χ1) is 10.2. The van der Waals surface area contributed by atoms with Crippen molar-refractivity contribution < 1.29 is 4.74 Å². The molecular weight excluding hydrogens is 262 g/mol. The molecule has 0 unspecified atom stereocenters. The lowest BCUT2D eigenvalue weighted by molar-refractivity contribution is 0.211. The van der Waals surface area contributed by atoms with Gasteiger partial charge in [-0.15, -0.1) is 0 Å². The van der Waals surface area contributed by atoms with Crippen molar-refractivity contribution in [1.29, 1.82) is 0 Å². The maximum atomic E-state index is 5.04. The zero-order valence-electron chi connectivity index (χ0n) is 13.6. The molecule has 0 aromatic heterocycles. The molecule has 21 heavy (non-hydrogen) atoms. The summed E-state index contributed by atoms with van der Waals surface area (Å²) >= 11 is 0. The Morgan fingerprint density at radius 2 is 1.76 bits per heavy atom. The normalized spacial score (nSPS) is 16.5. The number of benzene rings is 1. The van der Waals surface area contributed by atoms with E-state index in [4.69, 9.17) is 4.74 Å². The van der Waals surface area contributed by atoms with Gasteiger partial charge in [-0.2, -0.15) is 0 Å². The van der Waals surface area contributed by atoms with Crippen LogP contribution in [0.15, 0.2) is 24.3 Å². The summed E-state index contributed by atoms with van der Waals surface area (Å²) in [5.41, 5.74) is 2.49. The molecule has 0 aliphatic carbocycles. The highest BCUT2D eigenvalue weighted by Gasteiger charge is 2.17. The molecule has 1 aliphatic rings. The van der Waals surface area contributed by atoms with Gasteiger partial charge in [0.05, 0.1) is 6.61 Å². The van der Waals surface area contributed by atoms with Crippen LogP contribution in [0.3, 0.4) is 0 Å². The number of nitrogens with one attached hydrogen (secondary N) is 1. The highest BCUT2D eigenvalue weighted by Crippen LogP contribution is 2.19. The van der Waals surface area contributed by atoms with Crippen LogP contribution in [0.1, 0.15) is 13.8 Å². The van der Waals surface area contributed by atoms with E-state index in [9.17, 15) is 0 Å². The zero-order chi connectivity index (χ0) is 15.1. The van der Waals surface area contributed by atoms with E-state index in [-0.39, 0.29) is 0 Å². The van der Waals surface area contributed by atoms with Crippen molar-refractivity contribution in [3.8, 4) is 0 Å². The molecule has 1 saturated heterocycles. The summed E-state index contributed by atoms with van der Waals surface area (Å²) < 4.78 is 5.04. The molecule has 0 spiro atoms. The first-order valence-corrected chi connectivity index (χ1v) is 7.99. The van der Waals surface area contributed by atoms with Crippen LogP contribution in [-0.2, 0) is 4.74 Å². The van der Waals surface area contributed by atoms with Gasteiger partial charge in [0.2, 0.25) is 0 Å². The van der Waals surface area contributed by atoms with E-state index in [1.54, 1.807) is 7.11 Å². The van der Waals surface area contributed by atoms with Gasteiger partial charge < -0.3 is 15.0 Å². The van der Waals surface area contributed by atoms with Gasteiger partial charge in [-0.3, -0.25) is 4.90 Å². The second-order valence-electron chi connectivity index (χ2n) is 6.15. The van der Waals surface area contributed by atoms with Crippen LogP contribution < -0.4 is 10.2 Å². The van der Waals surface area contributed by atoms with Crippen LogP contribution in [0.2, 0.25) is 0 Å². The van der Waals surface area contributed by atoms with E-state index in [0.717, 1.165) is 37.8 Å². The Bertz CT molecular complexity index is 397. The average molecular weight is 291 g/mol. The number of rotatable bonds is 7. The standard InChI is InChI=1S/C17H29N3O/c1-15(2)14-19-9-11-20(12-10-19)17-6-4-16(5-7-17)18-8-13-21-3/h4-7,15,18H,8-14H2,1-3H3. The minimum absolute atomic E-state index is 0.736. The van der Waals surface area contributed by atoms with Gasteiger partial charge >= 0.3 is 0 Å². The number of hydrogen-bond donors (Lipinski definition) is 1. The van der Waals surface area contributed by atoms with Crippen LogP contribution in [0, 0.1) is 5.92 Å². The summed E-state index contributed by atoms with van der Waals surface area (Å²) in [4.78, 5) is 5.05. The van der Waals surface area contributed by atoms with Gasteiger partial charge in [0.15, 0.2) is 0 Å². The van der Waals surface area contributed by atoms with Crippen molar-refractivity contribution in [3.63, 3.8) is 0 Å². The van der Waals surface area contributed by atoms with Crippen molar-refractivity contribution in [2.45, 2.75) is 13.8 Å². The summed E-state index contributed by atoms with van der Waals surface area (Å²) in [6.07, 6.45) is 0. The second kappa shape index (κ2) is 8.25. The highest BCUT2D eigenvalue weighted by molar-refractivity contribution is 5.55. The van der Waals surface area contributed by atoms with Gasteiger partial charge in [-0.05, 0) is 30.2 Å². The van der Waals surface area contributed by atoms with E-state index < -0.39 is 0 Å². The van der Waals surface area contributed by atoms with Crippen molar-refractivity contribution in [1.82, 2.24) is 4.90 Å². The molecule has 1 fully saturated rings. The maximum Gasteiger partial charge on any atom is 0.0635 e. The molecule has 1 aliphatic heterocycles. The van der Waals surface area contributed by atoms with Gasteiger partial charge in [0.1, 0.15) is 0 Å². The lowest BCUT2D eigenvalue weighted by Crippen LogP contribution is -2.47. The summed E-state index contributed by atoms with van der Waals surface area (Å²) in [5, 5.41) is 3.35. The number of anilines is 2. The first-order valence-electron chi connectivity index (χ1n) is 7.99. The third kappa shape index (κ3) is 5.21. The van der Waals surface area contributed by atoms with Crippen molar-refractivity contribution in [2.75, 3.05) is 63.2 Å². The quantitative estimate of drug-likeness (QED) is 0.781. The first kappa shape index (κ1) is 16.1. The van der Waals surface area contributed by atoms with E-state index in [2.05, 4.69) is 53.2 Å². The van der Waals surface area contributed by atoms with Gasteiger partial charge in [0, 0.05) is 57.8 Å². The largest absolute Gasteiger partial charge is 0.383 e. The number of nitrogens with zero attached hydrogens (tertiary/aromatic N) is 2. The van der Waals surface area contributed by atoms with Crippen LogP contribution in [0.5, 0.6) is 0 Å². The van der Waals surface area contributed by atoms with E-state index in [1.807, 2.05) is 0 Å². The van der Waals surface area contributed by atoms with Crippen LogP contribution in [0.4, 0.5) is 11.4 Å². The molecule has 4 nitrogen and oxygen atoms in total. The fourth-order valence-electron chi connectivity index (χ4n) is 2.79. The van der Waals surface area contributed by atoms with Crippen LogP contribution >= 0.6 is 0 Å². The Labute approximate surface area is 129 Å². The summed E-state index contributed by atoms with van der Waals surface area (Å²) in [6, 6.07) is 8.75. The van der Waals surface area contributed by atoms with Gasteiger partial charge in [0.25, 0.3) is 0 Å². The SMILES string of the molecule is COCCNc1ccc(N2CCN(CC(C)C)CC2)cc1. The molecule has 0 saturated carbocycles. The van der Waals surface area contributed by atoms with E-state index in [1.165, 1.54) is 25.3 Å². The Hall–Kier alpha value is -1.26. The fraction of sp³-hybridized carbons (Fsp3) is 0.647. The fourth-order valence-corrected chi connectivity index (χ4v) is 2.79.